The summed E-state index contributed by atoms with van der Waals surface area (Å²) in [6.45, 7) is 2.45. The molecule has 0 saturated carbocycles. The average molecular weight is 470 g/mol. The Labute approximate surface area is 190 Å². The number of benzene rings is 3. The predicted octanol–water partition coefficient (Wildman–Crippen LogP) is 6.70. The van der Waals surface area contributed by atoms with Gasteiger partial charge in [-0.25, -0.2) is 4.98 Å². The van der Waals surface area contributed by atoms with Crippen molar-refractivity contribution in [3.63, 3.8) is 0 Å². The van der Waals surface area contributed by atoms with Crippen LogP contribution in [0.2, 0.25) is 0 Å². The summed E-state index contributed by atoms with van der Waals surface area (Å²) in [4.78, 5) is 4.50. The van der Waals surface area contributed by atoms with Crippen LogP contribution < -0.4 is 10.5 Å². The molecule has 3 aromatic carbocycles. The number of pyridine rings is 1. The number of hydrogen-bond acceptors (Lipinski definition) is 4. The van der Waals surface area contributed by atoms with E-state index in [1.54, 1.807) is 0 Å². The lowest BCUT2D eigenvalue weighted by molar-refractivity contribution is 0.341. The highest BCUT2D eigenvalue weighted by Gasteiger charge is 2.17. The van der Waals surface area contributed by atoms with E-state index in [1.165, 1.54) is 0 Å². The first-order chi connectivity index (χ1) is 15.1. The summed E-state index contributed by atoms with van der Waals surface area (Å²) in [5.74, 6) is 0.891. The van der Waals surface area contributed by atoms with Crippen molar-refractivity contribution in [2.75, 3.05) is 12.3 Å². The van der Waals surface area contributed by atoms with Crippen molar-refractivity contribution in [3.05, 3.63) is 88.9 Å². The third kappa shape index (κ3) is 4.30. The molecule has 4 rings (SSSR count). The van der Waals surface area contributed by atoms with Crippen molar-refractivity contribution in [3.8, 4) is 45.3 Å². The first kappa shape index (κ1) is 20.6. The van der Waals surface area contributed by atoms with Crippen LogP contribution in [0.15, 0.2) is 83.3 Å². The number of anilines is 1. The summed E-state index contributed by atoms with van der Waals surface area (Å²) in [6, 6.07) is 28.2. The maximum Gasteiger partial charge on any atom is 0.142 e. The molecule has 1 aromatic heterocycles. The van der Waals surface area contributed by atoms with E-state index >= 15 is 0 Å². The molecule has 0 aliphatic rings. The topological polar surface area (TPSA) is 71.9 Å². The van der Waals surface area contributed by atoms with Gasteiger partial charge in [-0.3, -0.25) is 0 Å². The molecule has 1 heterocycles. The molecule has 0 saturated heterocycles. The fourth-order valence-corrected chi connectivity index (χ4v) is 3.86. The Morgan fingerprint density at radius 3 is 2.26 bits per heavy atom. The Balaban J connectivity index is 1.83. The first-order valence-electron chi connectivity index (χ1n) is 9.90. The summed E-state index contributed by atoms with van der Waals surface area (Å²) in [5, 5.41) is 9.75. The number of nitriles is 1. The van der Waals surface area contributed by atoms with Gasteiger partial charge in [0.2, 0.25) is 0 Å². The highest BCUT2D eigenvalue weighted by atomic mass is 79.9. The molecule has 31 heavy (non-hydrogen) atoms. The van der Waals surface area contributed by atoms with E-state index in [9.17, 15) is 5.26 Å². The van der Waals surface area contributed by atoms with Crippen LogP contribution in [0.1, 0.15) is 12.5 Å². The van der Waals surface area contributed by atoms with Crippen molar-refractivity contribution >= 4 is 21.7 Å². The molecule has 0 unspecified atom stereocenters. The van der Waals surface area contributed by atoms with Crippen LogP contribution in [0, 0.1) is 11.3 Å². The minimum absolute atomic E-state index is 0.199. The van der Waals surface area contributed by atoms with E-state index in [4.69, 9.17) is 10.5 Å². The predicted molar refractivity (Wildman–Crippen MR) is 129 cm³/mol. The molecule has 0 spiro atoms. The number of hydrogen-bond donors (Lipinski definition) is 1. The van der Waals surface area contributed by atoms with Gasteiger partial charge in [0, 0.05) is 21.2 Å². The number of halogens is 1. The van der Waals surface area contributed by atoms with E-state index in [0.717, 1.165) is 26.7 Å². The summed E-state index contributed by atoms with van der Waals surface area (Å²) in [6.07, 6.45) is 0. The normalized spacial score (nSPS) is 10.5. The Hall–Kier alpha value is -3.62. The molecule has 0 fully saturated rings. The van der Waals surface area contributed by atoms with Crippen LogP contribution in [0.3, 0.4) is 0 Å². The van der Waals surface area contributed by atoms with E-state index < -0.39 is 0 Å². The Morgan fingerprint density at radius 2 is 1.58 bits per heavy atom. The molecule has 4 nitrogen and oxygen atoms in total. The van der Waals surface area contributed by atoms with E-state index in [1.807, 2.05) is 61.5 Å². The van der Waals surface area contributed by atoms with Gasteiger partial charge in [-0.05, 0) is 42.3 Å². The zero-order valence-corrected chi connectivity index (χ0v) is 18.6. The molecule has 152 valence electrons. The SMILES string of the molecule is CCOc1ccc(Br)cc1-c1cc(-c2ccc(-c3ccccc3)cc2)nc(N)c1C#N. The van der Waals surface area contributed by atoms with Crippen LogP contribution in [0.25, 0.3) is 33.5 Å². The maximum atomic E-state index is 9.75. The molecule has 0 aliphatic heterocycles. The molecule has 4 aromatic rings. The second kappa shape index (κ2) is 9.03. The smallest absolute Gasteiger partial charge is 0.142 e. The monoisotopic (exact) mass is 469 g/mol. The molecule has 0 atom stereocenters. The highest BCUT2D eigenvalue weighted by molar-refractivity contribution is 9.10. The van der Waals surface area contributed by atoms with Gasteiger partial charge in [-0.1, -0.05) is 70.5 Å². The number of nitrogens with zero attached hydrogens (tertiary/aromatic N) is 2. The molecule has 0 aliphatic carbocycles. The Bertz CT molecular complexity index is 1260. The van der Waals surface area contributed by atoms with Gasteiger partial charge in [0.1, 0.15) is 23.2 Å². The van der Waals surface area contributed by atoms with Crippen molar-refractivity contribution in [2.45, 2.75) is 6.92 Å². The molecule has 0 radical (unpaired) electrons. The second-order valence-corrected chi connectivity index (χ2v) is 7.86. The Morgan fingerprint density at radius 1 is 0.903 bits per heavy atom. The number of aromatic nitrogens is 1. The average Bonchev–Trinajstić information content (AvgIpc) is 2.80. The summed E-state index contributed by atoms with van der Waals surface area (Å²) in [5.41, 5.74) is 11.9. The number of ether oxygens (including phenoxy) is 1. The van der Waals surface area contributed by atoms with Crippen LogP contribution in [-0.2, 0) is 0 Å². The Kier molecular flexibility index (Phi) is 6.01. The number of nitrogen functional groups attached to an aromatic ring is 1. The van der Waals surface area contributed by atoms with Crippen LogP contribution in [-0.4, -0.2) is 11.6 Å². The van der Waals surface area contributed by atoms with Crippen LogP contribution in [0.4, 0.5) is 5.82 Å². The summed E-state index contributed by atoms with van der Waals surface area (Å²) in [7, 11) is 0. The van der Waals surface area contributed by atoms with Crippen molar-refractivity contribution < 1.29 is 4.74 Å². The lowest BCUT2D eigenvalue weighted by atomic mass is 9.97. The second-order valence-electron chi connectivity index (χ2n) is 6.94. The van der Waals surface area contributed by atoms with E-state index in [2.05, 4.69) is 51.2 Å². The minimum Gasteiger partial charge on any atom is -0.493 e. The maximum absolute atomic E-state index is 9.75. The van der Waals surface area contributed by atoms with Gasteiger partial charge in [-0.2, -0.15) is 5.26 Å². The first-order valence-corrected chi connectivity index (χ1v) is 10.7. The summed E-state index contributed by atoms with van der Waals surface area (Å²) < 4.78 is 6.69. The fourth-order valence-electron chi connectivity index (χ4n) is 3.50. The van der Waals surface area contributed by atoms with Gasteiger partial charge >= 0.3 is 0 Å². The minimum atomic E-state index is 0.199. The van der Waals surface area contributed by atoms with Crippen LogP contribution >= 0.6 is 15.9 Å². The zero-order valence-electron chi connectivity index (χ0n) is 17.0. The van der Waals surface area contributed by atoms with Crippen molar-refractivity contribution in [2.24, 2.45) is 0 Å². The third-order valence-electron chi connectivity index (χ3n) is 4.98. The molecular formula is C26H20BrN3O. The highest BCUT2D eigenvalue weighted by Crippen LogP contribution is 2.38. The van der Waals surface area contributed by atoms with Crippen molar-refractivity contribution in [1.82, 2.24) is 4.98 Å². The molecule has 0 bridgehead atoms. The van der Waals surface area contributed by atoms with Gasteiger partial charge in [-0.15, -0.1) is 0 Å². The van der Waals surface area contributed by atoms with Gasteiger partial charge in [0.25, 0.3) is 0 Å². The third-order valence-corrected chi connectivity index (χ3v) is 5.47. The zero-order chi connectivity index (χ0) is 21.8. The summed E-state index contributed by atoms with van der Waals surface area (Å²) >= 11 is 3.52. The quantitative estimate of drug-likeness (QED) is 0.352. The lowest BCUT2D eigenvalue weighted by Crippen LogP contribution is -2.01. The van der Waals surface area contributed by atoms with Gasteiger partial charge < -0.3 is 10.5 Å². The lowest BCUT2D eigenvalue weighted by Gasteiger charge is -2.15. The van der Waals surface area contributed by atoms with E-state index in [0.29, 0.717) is 29.2 Å². The number of rotatable bonds is 5. The molecule has 0 amide bonds. The van der Waals surface area contributed by atoms with Gasteiger partial charge in [0.05, 0.1) is 12.3 Å². The fraction of sp³-hybridized carbons (Fsp3) is 0.0769. The van der Waals surface area contributed by atoms with Crippen molar-refractivity contribution in [1.29, 1.82) is 5.26 Å². The largest absolute Gasteiger partial charge is 0.493 e. The molecular weight excluding hydrogens is 450 g/mol. The molecule has 2 N–H and O–H groups in total. The van der Waals surface area contributed by atoms with Gasteiger partial charge in [0.15, 0.2) is 0 Å². The standard InChI is InChI=1S/C26H20BrN3O/c1-2-31-25-13-12-20(27)14-22(25)21-15-24(30-26(29)23(21)16-28)19-10-8-18(9-11-19)17-6-4-3-5-7-17/h3-15H,2H2,1H3,(H2,29,30). The molecule has 5 heteroatoms. The van der Waals surface area contributed by atoms with Crippen LogP contribution in [0.5, 0.6) is 5.75 Å². The van der Waals surface area contributed by atoms with E-state index in [-0.39, 0.29) is 5.82 Å². The number of nitrogens with two attached hydrogens (primary N) is 1.